The average molecular weight is 364 g/mol. The maximum atomic E-state index is 13.1. The summed E-state index contributed by atoms with van der Waals surface area (Å²) in [7, 11) is 0. The van der Waals surface area contributed by atoms with Crippen LogP contribution < -0.4 is 0 Å². The molecule has 4 rings (SSSR count). The molecular formula is C20H32N2O4. The van der Waals surface area contributed by atoms with Crippen molar-refractivity contribution in [1.82, 2.24) is 9.80 Å². The van der Waals surface area contributed by atoms with Gasteiger partial charge in [0, 0.05) is 31.5 Å². The summed E-state index contributed by atoms with van der Waals surface area (Å²) in [5.74, 6) is 0.950. The molecule has 3 aliphatic heterocycles. The van der Waals surface area contributed by atoms with Crippen LogP contribution in [0, 0.1) is 11.8 Å². The van der Waals surface area contributed by atoms with Crippen molar-refractivity contribution in [3.63, 3.8) is 0 Å². The lowest BCUT2D eigenvalue weighted by Crippen LogP contribution is -2.51. The van der Waals surface area contributed by atoms with Gasteiger partial charge < -0.3 is 19.3 Å². The highest BCUT2D eigenvalue weighted by atomic mass is 16.7. The Kier molecular flexibility index (Phi) is 5.79. The monoisotopic (exact) mass is 364 g/mol. The molecule has 6 heteroatoms. The summed E-state index contributed by atoms with van der Waals surface area (Å²) in [6.07, 6.45) is 9.12. The number of likely N-dealkylation sites (tertiary alicyclic amines) is 2. The van der Waals surface area contributed by atoms with Crippen molar-refractivity contribution in [1.29, 1.82) is 0 Å². The van der Waals surface area contributed by atoms with Crippen LogP contribution in [0.15, 0.2) is 0 Å². The van der Waals surface area contributed by atoms with Crippen LogP contribution in [0.25, 0.3) is 0 Å². The van der Waals surface area contributed by atoms with E-state index in [1.165, 1.54) is 6.42 Å². The van der Waals surface area contributed by atoms with Crippen LogP contribution >= 0.6 is 0 Å². The molecule has 0 radical (unpaired) electrons. The molecule has 4 fully saturated rings. The van der Waals surface area contributed by atoms with Crippen molar-refractivity contribution < 1.29 is 19.1 Å². The zero-order valence-corrected chi connectivity index (χ0v) is 15.7. The Morgan fingerprint density at radius 1 is 0.731 bits per heavy atom. The van der Waals surface area contributed by atoms with Gasteiger partial charge in [0.15, 0.2) is 6.29 Å². The lowest BCUT2D eigenvalue weighted by atomic mass is 9.88. The van der Waals surface area contributed by atoms with Gasteiger partial charge in [-0.1, -0.05) is 19.3 Å². The SMILES string of the molecule is O=C(C1CCCN1C(=O)C1CCCCC1)N1CCC(C2OCCO2)CC1. The van der Waals surface area contributed by atoms with E-state index in [0.29, 0.717) is 19.1 Å². The third kappa shape index (κ3) is 3.77. The minimum atomic E-state index is -0.222. The van der Waals surface area contributed by atoms with Crippen LogP contribution in [0.1, 0.15) is 57.8 Å². The van der Waals surface area contributed by atoms with Crippen molar-refractivity contribution in [2.45, 2.75) is 70.1 Å². The summed E-state index contributed by atoms with van der Waals surface area (Å²) in [6.45, 7) is 3.64. The van der Waals surface area contributed by atoms with E-state index in [-0.39, 0.29) is 30.1 Å². The van der Waals surface area contributed by atoms with Gasteiger partial charge in [-0.2, -0.15) is 0 Å². The average Bonchev–Trinajstić information content (AvgIpc) is 3.40. The molecule has 0 aromatic heterocycles. The van der Waals surface area contributed by atoms with E-state index in [1.54, 1.807) is 0 Å². The van der Waals surface area contributed by atoms with Crippen LogP contribution in [-0.2, 0) is 19.1 Å². The quantitative estimate of drug-likeness (QED) is 0.770. The standard InChI is InChI=1S/C20H32N2O4/c23-18(15-5-2-1-3-6-15)22-10-4-7-17(22)19(24)21-11-8-16(9-12-21)20-25-13-14-26-20/h15-17,20H,1-14H2. The Bertz CT molecular complexity index is 506. The third-order valence-electron chi connectivity index (χ3n) is 6.66. The molecule has 0 N–H and O–H groups in total. The summed E-state index contributed by atoms with van der Waals surface area (Å²) in [6, 6.07) is -0.222. The van der Waals surface area contributed by atoms with Gasteiger partial charge in [0.05, 0.1) is 13.2 Å². The number of ether oxygens (including phenoxy) is 2. The maximum absolute atomic E-state index is 13.1. The van der Waals surface area contributed by atoms with Gasteiger partial charge in [-0.3, -0.25) is 9.59 Å². The second-order valence-corrected chi connectivity index (χ2v) is 8.30. The first-order valence-corrected chi connectivity index (χ1v) is 10.6. The number of rotatable bonds is 3. The molecule has 146 valence electrons. The molecular weight excluding hydrogens is 332 g/mol. The fourth-order valence-corrected chi connectivity index (χ4v) is 5.12. The maximum Gasteiger partial charge on any atom is 0.245 e. The van der Waals surface area contributed by atoms with Gasteiger partial charge in [0.25, 0.3) is 0 Å². The van der Waals surface area contributed by atoms with Gasteiger partial charge in [-0.25, -0.2) is 0 Å². The van der Waals surface area contributed by atoms with Gasteiger partial charge in [-0.15, -0.1) is 0 Å². The molecule has 3 saturated heterocycles. The minimum absolute atomic E-state index is 0.0805. The third-order valence-corrected chi connectivity index (χ3v) is 6.66. The van der Waals surface area contributed by atoms with E-state index < -0.39 is 0 Å². The number of hydrogen-bond acceptors (Lipinski definition) is 4. The molecule has 0 aromatic rings. The summed E-state index contributed by atoms with van der Waals surface area (Å²) in [4.78, 5) is 29.9. The van der Waals surface area contributed by atoms with Crippen LogP contribution in [0.2, 0.25) is 0 Å². The molecule has 0 bridgehead atoms. The first-order valence-electron chi connectivity index (χ1n) is 10.6. The fourth-order valence-electron chi connectivity index (χ4n) is 5.12. The first-order chi connectivity index (χ1) is 12.7. The van der Waals surface area contributed by atoms with Crippen LogP contribution in [0.4, 0.5) is 0 Å². The van der Waals surface area contributed by atoms with Crippen LogP contribution in [0.3, 0.4) is 0 Å². The summed E-state index contributed by atoms with van der Waals surface area (Å²) < 4.78 is 11.3. The highest BCUT2D eigenvalue weighted by Gasteiger charge is 2.40. The van der Waals surface area contributed by atoms with Gasteiger partial charge in [-0.05, 0) is 38.5 Å². The number of carbonyl (C=O) groups excluding carboxylic acids is 2. The van der Waals surface area contributed by atoms with E-state index >= 15 is 0 Å². The molecule has 0 aromatic carbocycles. The lowest BCUT2D eigenvalue weighted by molar-refractivity contribution is -0.149. The molecule has 26 heavy (non-hydrogen) atoms. The molecule has 4 aliphatic rings. The van der Waals surface area contributed by atoms with Crippen LogP contribution in [0.5, 0.6) is 0 Å². The molecule has 6 nitrogen and oxygen atoms in total. The van der Waals surface area contributed by atoms with E-state index in [2.05, 4.69) is 0 Å². The second-order valence-electron chi connectivity index (χ2n) is 8.30. The minimum Gasteiger partial charge on any atom is -0.350 e. The molecule has 2 amide bonds. The smallest absolute Gasteiger partial charge is 0.245 e. The normalized spacial score (nSPS) is 29.5. The van der Waals surface area contributed by atoms with E-state index in [4.69, 9.17) is 9.47 Å². The Hall–Kier alpha value is -1.14. The highest BCUT2D eigenvalue weighted by molar-refractivity contribution is 5.89. The predicted molar refractivity (Wildman–Crippen MR) is 96.3 cm³/mol. The van der Waals surface area contributed by atoms with E-state index in [9.17, 15) is 9.59 Å². The summed E-state index contributed by atoms with van der Waals surface area (Å²) >= 11 is 0. The number of piperidine rings is 1. The molecule has 1 unspecified atom stereocenters. The molecule has 1 saturated carbocycles. The van der Waals surface area contributed by atoms with Crippen molar-refractivity contribution in [3.05, 3.63) is 0 Å². The van der Waals surface area contributed by atoms with Crippen molar-refractivity contribution in [2.24, 2.45) is 11.8 Å². The highest BCUT2D eigenvalue weighted by Crippen LogP contribution is 2.31. The van der Waals surface area contributed by atoms with Gasteiger partial charge in [0.2, 0.25) is 11.8 Å². The Labute approximate surface area is 156 Å². The van der Waals surface area contributed by atoms with Gasteiger partial charge >= 0.3 is 0 Å². The molecule has 3 heterocycles. The summed E-state index contributed by atoms with van der Waals surface area (Å²) in [5.41, 5.74) is 0. The Morgan fingerprint density at radius 3 is 2.12 bits per heavy atom. The zero-order chi connectivity index (χ0) is 17.9. The lowest BCUT2D eigenvalue weighted by Gasteiger charge is -2.37. The number of nitrogens with zero attached hydrogens (tertiary/aromatic N) is 2. The first kappa shape index (κ1) is 18.2. The largest absolute Gasteiger partial charge is 0.350 e. The predicted octanol–water partition coefficient (Wildman–Crippen LogP) is 2.17. The topological polar surface area (TPSA) is 59.1 Å². The van der Waals surface area contributed by atoms with Crippen molar-refractivity contribution in [2.75, 3.05) is 32.8 Å². The zero-order valence-electron chi connectivity index (χ0n) is 15.7. The van der Waals surface area contributed by atoms with Crippen molar-refractivity contribution >= 4 is 11.8 Å². The number of carbonyl (C=O) groups is 2. The number of amides is 2. The fraction of sp³-hybridized carbons (Fsp3) is 0.900. The van der Waals surface area contributed by atoms with E-state index in [1.807, 2.05) is 9.80 Å². The molecule has 0 spiro atoms. The van der Waals surface area contributed by atoms with E-state index in [0.717, 1.165) is 71.0 Å². The molecule has 1 aliphatic carbocycles. The number of hydrogen-bond donors (Lipinski definition) is 0. The second kappa shape index (κ2) is 8.26. The van der Waals surface area contributed by atoms with Crippen LogP contribution in [-0.4, -0.2) is 66.8 Å². The Balaban J connectivity index is 1.32. The Morgan fingerprint density at radius 2 is 1.42 bits per heavy atom. The molecule has 1 atom stereocenters. The van der Waals surface area contributed by atoms with Crippen molar-refractivity contribution in [3.8, 4) is 0 Å². The van der Waals surface area contributed by atoms with Gasteiger partial charge in [0.1, 0.15) is 6.04 Å². The summed E-state index contributed by atoms with van der Waals surface area (Å²) in [5, 5.41) is 0.